The Morgan fingerprint density at radius 2 is 2.33 bits per heavy atom. The fraction of sp³-hybridized carbons (Fsp3) is 0.250. The van der Waals surface area contributed by atoms with E-state index in [0.29, 0.717) is 6.42 Å². The van der Waals surface area contributed by atoms with Crippen LogP contribution in [0.1, 0.15) is 12.1 Å². The van der Waals surface area contributed by atoms with Gasteiger partial charge in [0.1, 0.15) is 0 Å². The van der Waals surface area contributed by atoms with Crippen LogP contribution in [0.4, 0.5) is 0 Å². The van der Waals surface area contributed by atoms with E-state index in [2.05, 4.69) is 4.98 Å². The van der Waals surface area contributed by atoms with E-state index >= 15 is 0 Å². The van der Waals surface area contributed by atoms with Gasteiger partial charge in [0.2, 0.25) is 0 Å². The van der Waals surface area contributed by atoms with E-state index < -0.39 is 0 Å². The van der Waals surface area contributed by atoms with Crippen LogP contribution in [-0.2, 0) is 6.42 Å². The molecule has 46 valence electrons. The minimum atomic E-state index is 0.678. The number of aryl methyl sites for hydroxylation is 1. The number of rotatable bonds is 2. The Bertz CT molecular complexity index is 157. The number of hydrogen-bond acceptors (Lipinski definition) is 1. The molecule has 0 fully saturated rings. The second-order valence-corrected chi connectivity index (χ2v) is 1.86. The molecule has 0 spiro atoms. The summed E-state index contributed by atoms with van der Waals surface area (Å²) in [5, 5.41) is 0. The molecule has 1 heteroatoms. The van der Waals surface area contributed by atoms with Crippen molar-refractivity contribution < 1.29 is 0 Å². The molecule has 1 aromatic heterocycles. The molecule has 0 amide bonds. The molecule has 1 rings (SSSR count). The van der Waals surface area contributed by atoms with E-state index in [0.717, 1.165) is 12.1 Å². The highest BCUT2D eigenvalue weighted by atomic mass is 14.7. The summed E-state index contributed by atoms with van der Waals surface area (Å²) >= 11 is 0. The lowest BCUT2D eigenvalue weighted by atomic mass is 10.2. The monoisotopic (exact) mass is 119 g/mol. The number of pyridine rings is 1. The summed E-state index contributed by atoms with van der Waals surface area (Å²) in [6.45, 7) is 5.32. The zero-order valence-electron chi connectivity index (χ0n) is 5.25. The van der Waals surface area contributed by atoms with Crippen LogP contribution in [0.15, 0.2) is 24.4 Å². The molecular weight excluding hydrogens is 110 g/mol. The number of aromatic nitrogens is 1. The van der Waals surface area contributed by atoms with Gasteiger partial charge >= 0.3 is 0 Å². The van der Waals surface area contributed by atoms with Crippen LogP contribution in [0.25, 0.3) is 0 Å². The normalized spacial score (nSPS) is 9.44. The van der Waals surface area contributed by atoms with Crippen molar-refractivity contribution in [1.29, 1.82) is 0 Å². The van der Waals surface area contributed by atoms with Crippen molar-refractivity contribution in [2.45, 2.75) is 12.8 Å². The van der Waals surface area contributed by atoms with Crippen LogP contribution < -0.4 is 0 Å². The Hall–Kier alpha value is -0.850. The first-order chi connectivity index (χ1) is 4.43. The Morgan fingerprint density at radius 1 is 1.44 bits per heavy atom. The Morgan fingerprint density at radius 3 is 2.89 bits per heavy atom. The van der Waals surface area contributed by atoms with Crippen LogP contribution in [0, 0.1) is 6.92 Å². The molecule has 1 aromatic rings. The average Bonchev–Trinajstić information content (AvgIpc) is 1.91. The molecule has 0 bridgehead atoms. The lowest BCUT2D eigenvalue weighted by Crippen LogP contribution is -1.85. The van der Waals surface area contributed by atoms with Gasteiger partial charge in [-0.1, -0.05) is 6.07 Å². The molecule has 2 radical (unpaired) electrons. The molecule has 0 aliphatic heterocycles. The summed E-state index contributed by atoms with van der Waals surface area (Å²) in [7, 11) is 0. The fourth-order valence-corrected chi connectivity index (χ4v) is 0.694. The van der Waals surface area contributed by atoms with Gasteiger partial charge in [0, 0.05) is 11.9 Å². The number of hydrogen-bond donors (Lipinski definition) is 0. The van der Waals surface area contributed by atoms with E-state index in [1.807, 2.05) is 18.2 Å². The van der Waals surface area contributed by atoms with Crippen molar-refractivity contribution in [3.63, 3.8) is 0 Å². The summed E-state index contributed by atoms with van der Waals surface area (Å²) in [5.74, 6) is 0. The maximum atomic E-state index is 5.32. The van der Waals surface area contributed by atoms with Crippen LogP contribution in [0.3, 0.4) is 0 Å². The predicted molar refractivity (Wildman–Crippen MR) is 36.9 cm³/mol. The smallest absolute Gasteiger partial charge is 0.0403 e. The van der Waals surface area contributed by atoms with Gasteiger partial charge < -0.3 is 0 Å². The average molecular weight is 119 g/mol. The molecule has 0 unspecified atom stereocenters. The molecule has 0 N–H and O–H groups in total. The maximum Gasteiger partial charge on any atom is 0.0403 e. The topological polar surface area (TPSA) is 12.9 Å². The highest BCUT2D eigenvalue weighted by Gasteiger charge is 1.86. The van der Waals surface area contributed by atoms with Gasteiger partial charge in [-0.25, -0.2) is 0 Å². The van der Waals surface area contributed by atoms with Gasteiger partial charge in [-0.05, 0) is 31.9 Å². The number of nitrogens with zero attached hydrogens (tertiary/aromatic N) is 1. The van der Waals surface area contributed by atoms with E-state index in [9.17, 15) is 0 Å². The second-order valence-electron chi connectivity index (χ2n) is 1.86. The Labute approximate surface area is 55.7 Å². The van der Waals surface area contributed by atoms with E-state index in [1.54, 1.807) is 6.20 Å². The standard InChI is InChI=1S/C8H9N/c1-2-5-8-6-3-4-7-9-8/h1,3-4,6-7H,2,5H2. The van der Waals surface area contributed by atoms with E-state index in [-0.39, 0.29) is 0 Å². The van der Waals surface area contributed by atoms with Crippen molar-refractivity contribution >= 4 is 0 Å². The second kappa shape index (κ2) is 3.23. The van der Waals surface area contributed by atoms with Gasteiger partial charge in [-0.2, -0.15) is 0 Å². The van der Waals surface area contributed by atoms with Crippen LogP contribution in [-0.4, -0.2) is 4.98 Å². The molecule has 0 saturated carbocycles. The lowest BCUT2D eigenvalue weighted by molar-refractivity contribution is 0.942. The highest BCUT2D eigenvalue weighted by Crippen LogP contribution is 1.95. The molecule has 1 nitrogen and oxygen atoms in total. The summed E-state index contributed by atoms with van der Waals surface area (Å²) in [6, 6.07) is 5.85. The molecule has 0 saturated heterocycles. The third kappa shape index (κ3) is 1.84. The zero-order chi connectivity index (χ0) is 6.53. The molecule has 9 heavy (non-hydrogen) atoms. The van der Waals surface area contributed by atoms with Crippen LogP contribution >= 0.6 is 0 Å². The molecule has 1 heterocycles. The van der Waals surface area contributed by atoms with Gasteiger partial charge in [0.25, 0.3) is 0 Å². The summed E-state index contributed by atoms with van der Waals surface area (Å²) in [5.41, 5.74) is 1.07. The van der Waals surface area contributed by atoms with Crippen LogP contribution in [0.2, 0.25) is 0 Å². The van der Waals surface area contributed by atoms with Crippen molar-refractivity contribution in [1.82, 2.24) is 4.98 Å². The van der Waals surface area contributed by atoms with Gasteiger partial charge in [0.15, 0.2) is 0 Å². The van der Waals surface area contributed by atoms with Crippen molar-refractivity contribution in [3.05, 3.63) is 37.0 Å². The molecule has 0 aliphatic rings. The first-order valence-electron chi connectivity index (χ1n) is 3.03. The minimum absolute atomic E-state index is 0.678. The Balaban J connectivity index is 2.61. The van der Waals surface area contributed by atoms with Gasteiger partial charge in [-0.3, -0.25) is 4.98 Å². The third-order valence-electron chi connectivity index (χ3n) is 1.13. The molecule has 0 aliphatic carbocycles. The highest BCUT2D eigenvalue weighted by molar-refractivity contribution is 5.03. The summed E-state index contributed by atoms with van der Waals surface area (Å²) in [6.07, 6.45) is 3.34. The molecule has 0 aromatic carbocycles. The van der Waals surface area contributed by atoms with Gasteiger partial charge in [0.05, 0.1) is 0 Å². The maximum absolute atomic E-state index is 5.32. The van der Waals surface area contributed by atoms with Crippen molar-refractivity contribution in [2.75, 3.05) is 0 Å². The molecular formula is C8H9N. The SMILES string of the molecule is [CH]CCc1ccccn1. The van der Waals surface area contributed by atoms with E-state index in [4.69, 9.17) is 6.92 Å². The van der Waals surface area contributed by atoms with Gasteiger partial charge in [-0.15, -0.1) is 0 Å². The first-order valence-corrected chi connectivity index (χ1v) is 3.03. The third-order valence-corrected chi connectivity index (χ3v) is 1.13. The minimum Gasteiger partial charge on any atom is -0.261 e. The predicted octanol–water partition coefficient (Wildman–Crippen LogP) is 1.73. The summed E-state index contributed by atoms with van der Waals surface area (Å²) in [4.78, 5) is 4.09. The first kappa shape index (κ1) is 6.27. The van der Waals surface area contributed by atoms with Crippen LogP contribution in [0.5, 0.6) is 0 Å². The fourth-order valence-electron chi connectivity index (χ4n) is 0.694. The van der Waals surface area contributed by atoms with Crippen molar-refractivity contribution in [3.8, 4) is 0 Å². The zero-order valence-corrected chi connectivity index (χ0v) is 5.25. The van der Waals surface area contributed by atoms with Crippen molar-refractivity contribution in [2.24, 2.45) is 0 Å². The Kier molecular flexibility index (Phi) is 2.25. The van der Waals surface area contributed by atoms with E-state index in [1.165, 1.54) is 0 Å². The molecule has 0 atom stereocenters. The lowest BCUT2D eigenvalue weighted by Gasteiger charge is -1.92. The quantitative estimate of drug-likeness (QED) is 0.577. The largest absolute Gasteiger partial charge is 0.261 e. The summed E-state index contributed by atoms with van der Waals surface area (Å²) < 4.78 is 0.